The highest BCUT2D eigenvalue weighted by Gasteiger charge is 2.18. The fourth-order valence-electron chi connectivity index (χ4n) is 2.01. The lowest BCUT2D eigenvalue weighted by molar-refractivity contribution is 0.0697. The van der Waals surface area contributed by atoms with Gasteiger partial charge in [-0.1, -0.05) is 18.5 Å². The second-order valence-corrected chi connectivity index (χ2v) is 4.90. The van der Waals surface area contributed by atoms with E-state index in [2.05, 4.69) is 16.8 Å². The summed E-state index contributed by atoms with van der Waals surface area (Å²) in [5, 5.41) is 9.20. The molecule has 0 radical (unpaired) electrons. The van der Waals surface area contributed by atoms with E-state index < -0.39 is 5.97 Å². The molecule has 17 heavy (non-hydrogen) atoms. The summed E-state index contributed by atoms with van der Waals surface area (Å²) in [6, 6.07) is 2.96. The predicted octanol–water partition coefficient (Wildman–Crippen LogP) is 2.67. The van der Waals surface area contributed by atoms with Crippen molar-refractivity contribution in [2.24, 2.45) is 5.92 Å². The van der Waals surface area contributed by atoms with Crippen molar-refractivity contribution in [1.82, 2.24) is 4.98 Å². The number of carbonyl (C=O) groups is 1. The number of hydrogen-bond donors (Lipinski definition) is 1. The standard InChI is InChI=1S/C12H15ClN2O2/c1-8-2-4-15(5-3-8)11-7-9(12(16)17)6-10(13)14-11/h6-8H,2-5H2,1H3,(H,16,17). The van der Waals surface area contributed by atoms with Crippen molar-refractivity contribution >= 4 is 23.4 Å². The Kier molecular flexibility index (Phi) is 3.52. The predicted molar refractivity (Wildman–Crippen MR) is 66.8 cm³/mol. The Bertz CT molecular complexity index is 429. The molecule has 2 heterocycles. The van der Waals surface area contributed by atoms with Gasteiger partial charge < -0.3 is 10.0 Å². The number of rotatable bonds is 2. The van der Waals surface area contributed by atoms with Crippen LogP contribution >= 0.6 is 11.6 Å². The van der Waals surface area contributed by atoms with E-state index in [-0.39, 0.29) is 10.7 Å². The van der Waals surface area contributed by atoms with Crippen LogP contribution in [0.5, 0.6) is 0 Å². The van der Waals surface area contributed by atoms with Crippen LogP contribution in [0.4, 0.5) is 5.82 Å². The molecular weight excluding hydrogens is 240 g/mol. The number of hydrogen-bond acceptors (Lipinski definition) is 3. The third-order valence-electron chi connectivity index (χ3n) is 3.14. The number of aromatic carboxylic acids is 1. The third kappa shape index (κ3) is 2.88. The van der Waals surface area contributed by atoms with Crippen molar-refractivity contribution in [3.8, 4) is 0 Å². The van der Waals surface area contributed by atoms with Gasteiger partial charge in [-0.05, 0) is 30.9 Å². The third-order valence-corrected chi connectivity index (χ3v) is 3.33. The number of aromatic nitrogens is 1. The van der Waals surface area contributed by atoms with Crippen LogP contribution in [-0.4, -0.2) is 29.1 Å². The first-order chi connectivity index (χ1) is 8.06. The Morgan fingerprint density at radius 1 is 1.47 bits per heavy atom. The summed E-state index contributed by atoms with van der Waals surface area (Å²) in [6.07, 6.45) is 2.22. The van der Waals surface area contributed by atoms with E-state index >= 15 is 0 Å². The highest BCUT2D eigenvalue weighted by molar-refractivity contribution is 6.29. The minimum atomic E-state index is -0.971. The number of halogens is 1. The highest BCUT2D eigenvalue weighted by Crippen LogP contribution is 2.24. The number of anilines is 1. The summed E-state index contributed by atoms with van der Waals surface area (Å²) in [7, 11) is 0. The summed E-state index contributed by atoms with van der Waals surface area (Å²) < 4.78 is 0. The zero-order valence-electron chi connectivity index (χ0n) is 9.69. The summed E-state index contributed by atoms with van der Waals surface area (Å²) in [5.41, 5.74) is 0.193. The van der Waals surface area contributed by atoms with E-state index in [4.69, 9.17) is 16.7 Å². The first-order valence-corrected chi connectivity index (χ1v) is 6.10. The zero-order valence-corrected chi connectivity index (χ0v) is 10.4. The van der Waals surface area contributed by atoms with E-state index in [1.807, 2.05) is 0 Å². The van der Waals surface area contributed by atoms with Crippen LogP contribution in [0.25, 0.3) is 0 Å². The highest BCUT2D eigenvalue weighted by atomic mass is 35.5. The Hall–Kier alpha value is -1.29. The van der Waals surface area contributed by atoms with Gasteiger partial charge in [0.2, 0.25) is 0 Å². The number of piperidine rings is 1. The van der Waals surface area contributed by atoms with Gasteiger partial charge in [-0.3, -0.25) is 0 Å². The smallest absolute Gasteiger partial charge is 0.335 e. The average molecular weight is 255 g/mol. The fourth-order valence-corrected chi connectivity index (χ4v) is 2.21. The first kappa shape index (κ1) is 12.2. The SMILES string of the molecule is CC1CCN(c2cc(C(=O)O)cc(Cl)n2)CC1. The summed E-state index contributed by atoms with van der Waals surface area (Å²) >= 11 is 5.84. The molecular formula is C12H15ClN2O2. The lowest BCUT2D eigenvalue weighted by Crippen LogP contribution is -2.33. The van der Waals surface area contributed by atoms with Crippen LogP contribution < -0.4 is 4.90 Å². The molecule has 0 aromatic carbocycles. The molecule has 1 aromatic rings. The van der Waals surface area contributed by atoms with Gasteiger partial charge in [0.05, 0.1) is 5.56 Å². The van der Waals surface area contributed by atoms with Crippen molar-refractivity contribution in [2.45, 2.75) is 19.8 Å². The number of carboxylic acid groups (broad SMARTS) is 1. The van der Waals surface area contributed by atoms with Crippen molar-refractivity contribution in [1.29, 1.82) is 0 Å². The minimum Gasteiger partial charge on any atom is -0.478 e. The van der Waals surface area contributed by atoms with Crippen LogP contribution in [0.3, 0.4) is 0 Å². The van der Waals surface area contributed by atoms with Gasteiger partial charge in [0.15, 0.2) is 0 Å². The Balaban J connectivity index is 2.23. The van der Waals surface area contributed by atoms with Gasteiger partial charge in [-0.25, -0.2) is 9.78 Å². The van der Waals surface area contributed by atoms with Crippen molar-refractivity contribution in [3.05, 3.63) is 22.8 Å². The van der Waals surface area contributed by atoms with Crippen molar-refractivity contribution in [3.63, 3.8) is 0 Å². The zero-order chi connectivity index (χ0) is 12.4. The molecule has 0 saturated carbocycles. The maximum atomic E-state index is 10.9. The lowest BCUT2D eigenvalue weighted by Gasteiger charge is -2.31. The summed E-state index contributed by atoms with van der Waals surface area (Å²) in [6.45, 7) is 4.05. The first-order valence-electron chi connectivity index (χ1n) is 5.72. The van der Waals surface area contributed by atoms with E-state index in [9.17, 15) is 4.79 Å². The molecule has 0 unspecified atom stereocenters. The molecule has 1 N–H and O–H groups in total. The van der Waals surface area contributed by atoms with Crippen LogP contribution in [-0.2, 0) is 0 Å². The molecule has 1 aliphatic rings. The molecule has 1 saturated heterocycles. The monoisotopic (exact) mass is 254 g/mol. The van der Waals surface area contributed by atoms with Crippen molar-refractivity contribution in [2.75, 3.05) is 18.0 Å². The summed E-state index contributed by atoms with van der Waals surface area (Å²) in [5.74, 6) is 0.423. The van der Waals surface area contributed by atoms with E-state index in [1.54, 1.807) is 6.07 Å². The van der Waals surface area contributed by atoms with Crippen LogP contribution in [0.2, 0.25) is 5.15 Å². The van der Waals surface area contributed by atoms with E-state index in [0.717, 1.165) is 31.8 Å². The Morgan fingerprint density at radius 2 is 2.12 bits per heavy atom. The minimum absolute atomic E-state index is 0.193. The topological polar surface area (TPSA) is 53.4 Å². The molecule has 1 fully saturated rings. The second-order valence-electron chi connectivity index (χ2n) is 4.51. The molecule has 0 amide bonds. The number of carboxylic acids is 1. The fraction of sp³-hybridized carbons (Fsp3) is 0.500. The Morgan fingerprint density at radius 3 is 2.71 bits per heavy atom. The molecule has 0 bridgehead atoms. The van der Waals surface area contributed by atoms with Gasteiger partial charge in [-0.15, -0.1) is 0 Å². The molecule has 92 valence electrons. The number of nitrogens with zero attached hydrogens (tertiary/aromatic N) is 2. The molecule has 0 atom stereocenters. The Labute approximate surface area is 105 Å². The van der Waals surface area contributed by atoms with Crippen molar-refractivity contribution < 1.29 is 9.90 Å². The molecule has 2 rings (SSSR count). The average Bonchev–Trinajstić information content (AvgIpc) is 2.29. The van der Waals surface area contributed by atoms with Gasteiger partial charge in [0.25, 0.3) is 0 Å². The summed E-state index contributed by atoms with van der Waals surface area (Å²) in [4.78, 5) is 17.2. The molecule has 1 aromatic heterocycles. The molecule has 0 spiro atoms. The largest absolute Gasteiger partial charge is 0.478 e. The normalized spacial score (nSPS) is 17.2. The van der Waals surface area contributed by atoms with Gasteiger partial charge >= 0.3 is 5.97 Å². The van der Waals surface area contributed by atoms with Crippen LogP contribution in [0.1, 0.15) is 30.1 Å². The maximum Gasteiger partial charge on any atom is 0.335 e. The van der Waals surface area contributed by atoms with Gasteiger partial charge in [0.1, 0.15) is 11.0 Å². The molecule has 5 heteroatoms. The number of pyridine rings is 1. The molecule has 0 aliphatic carbocycles. The van der Waals surface area contributed by atoms with Gasteiger partial charge in [0, 0.05) is 13.1 Å². The second kappa shape index (κ2) is 4.92. The van der Waals surface area contributed by atoms with E-state index in [1.165, 1.54) is 6.07 Å². The van der Waals surface area contributed by atoms with Gasteiger partial charge in [-0.2, -0.15) is 0 Å². The molecule has 4 nitrogen and oxygen atoms in total. The maximum absolute atomic E-state index is 10.9. The van der Waals surface area contributed by atoms with Crippen LogP contribution in [0.15, 0.2) is 12.1 Å². The quantitative estimate of drug-likeness (QED) is 0.825. The van der Waals surface area contributed by atoms with E-state index in [0.29, 0.717) is 5.82 Å². The molecule has 1 aliphatic heterocycles. The van der Waals surface area contributed by atoms with Crippen LogP contribution in [0, 0.1) is 5.92 Å². The lowest BCUT2D eigenvalue weighted by atomic mass is 9.99.